The molecule has 88 valence electrons. The predicted octanol–water partition coefficient (Wildman–Crippen LogP) is 0.213. The van der Waals surface area contributed by atoms with Crippen molar-refractivity contribution in [3.8, 4) is 0 Å². The molecule has 2 aliphatic rings. The van der Waals surface area contributed by atoms with Gasteiger partial charge < -0.3 is 15.2 Å². The van der Waals surface area contributed by atoms with Crippen LogP contribution in [0.25, 0.3) is 0 Å². The minimum Gasteiger partial charge on any atom is -0.378 e. The quantitative estimate of drug-likeness (QED) is 0.714. The lowest BCUT2D eigenvalue weighted by atomic mass is 10.0. The molecule has 0 amide bonds. The third kappa shape index (κ3) is 2.91. The molecule has 0 aliphatic carbocycles. The topological polar surface area (TPSA) is 47.7 Å². The SMILES string of the molecule is CC1CC(N2CCOC(CN)C2)CCO1. The van der Waals surface area contributed by atoms with E-state index in [1.807, 2.05) is 0 Å². The molecule has 0 radical (unpaired) electrons. The van der Waals surface area contributed by atoms with Crippen LogP contribution in [-0.4, -0.2) is 56.0 Å². The van der Waals surface area contributed by atoms with Crippen LogP contribution in [0.2, 0.25) is 0 Å². The lowest BCUT2D eigenvalue weighted by Crippen LogP contribution is -2.52. The second kappa shape index (κ2) is 5.25. The van der Waals surface area contributed by atoms with E-state index in [0.29, 0.717) is 18.7 Å². The first-order chi connectivity index (χ1) is 7.29. The highest BCUT2D eigenvalue weighted by Gasteiger charge is 2.29. The molecule has 0 aromatic carbocycles. The van der Waals surface area contributed by atoms with Crippen LogP contribution in [-0.2, 0) is 9.47 Å². The summed E-state index contributed by atoms with van der Waals surface area (Å²) in [5, 5.41) is 0. The van der Waals surface area contributed by atoms with Crippen LogP contribution >= 0.6 is 0 Å². The Morgan fingerprint density at radius 1 is 1.33 bits per heavy atom. The highest BCUT2D eigenvalue weighted by atomic mass is 16.5. The number of hydrogen-bond donors (Lipinski definition) is 1. The largest absolute Gasteiger partial charge is 0.378 e. The minimum absolute atomic E-state index is 0.233. The predicted molar refractivity (Wildman–Crippen MR) is 58.8 cm³/mol. The molecule has 3 atom stereocenters. The summed E-state index contributed by atoms with van der Waals surface area (Å²) in [7, 11) is 0. The van der Waals surface area contributed by atoms with Gasteiger partial charge in [-0.15, -0.1) is 0 Å². The van der Waals surface area contributed by atoms with Crippen LogP contribution in [0.5, 0.6) is 0 Å². The van der Waals surface area contributed by atoms with Gasteiger partial charge in [0.1, 0.15) is 0 Å². The molecular formula is C11H22N2O2. The first-order valence-electron chi connectivity index (χ1n) is 5.97. The van der Waals surface area contributed by atoms with E-state index in [2.05, 4.69) is 11.8 Å². The molecule has 15 heavy (non-hydrogen) atoms. The fourth-order valence-corrected chi connectivity index (χ4v) is 2.52. The van der Waals surface area contributed by atoms with E-state index in [0.717, 1.165) is 39.1 Å². The minimum atomic E-state index is 0.233. The van der Waals surface area contributed by atoms with E-state index >= 15 is 0 Å². The van der Waals surface area contributed by atoms with Gasteiger partial charge in [-0.2, -0.15) is 0 Å². The second-order valence-corrected chi connectivity index (χ2v) is 4.58. The van der Waals surface area contributed by atoms with Gasteiger partial charge in [-0.1, -0.05) is 0 Å². The maximum Gasteiger partial charge on any atom is 0.0824 e. The zero-order chi connectivity index (χ0) is 10.7. The average Bonchev–Trinajstić information content (AvgIpc) is 2.29. The first kappa shape index (κ1) is 11.3. The van der Waals surface area contributed by atoms with Gasteiger partial charge in [0, 0.05) is 32.3 Å². The van der Waals surface area contributed by atoms with Gasteiger partial charge in [0.2, 0.25) is 0 Å². The van der Waals surface area contributed by atoms with Gasteiger partial charge in [-0.3, -0.25) is 4.90 Å². The van der Waals surface area contributed by atoms with E-state index in [1.54, 1.807) is 0 Å². The van der Waals surface area contributed by atoms with Gasteiger partial charge in [0.05, 0.1) is 18.8 Å². The number of ether oxygens (including phenoxy) is 2. The fourth-order valence-electron chi connectivity index (χ4n) is 2.52. The Morgan fingerprint density at radius 3 is 2.93 bits per heavy atom. The highest BCUT2D eigenvalue weighted by molar-refractivity contribution is 4.82. The third-order valence-electron chi connectivity index (χ3n) is 3.41. The molecule has 0 aromatic rings. The van der Waals surface area contributed by atoms with Crippen molar-refractivity contribution < 1.29 is 9.47 Å². The molecule has 2 heterocycles. The van der Waals surface area contributed by atoms with E-state index < -0.39 is 0 Å². The zero-order valence-corrected chi connectivity index (χ0v) is 9.52. The van der Waals surface area contributed by atoms with Crippen molar-refractivity contribution in [1.29, 1.82) is 0 Å². The summed E-state index contributed by atoms with van der Waals surface area (Å²) in [4.78, 5) is 2.53. The van der Waals surface area contributed by atoms with E-state index in [-0.39, 0.29) is 6.10 Å². The Labute approximate surface area is 91.7 Å². The molecule has 0 spiro atoms. The van der Waals surface area contributed by atoms with Crippen LogP contribution in [0, 0.1) is 0 Å². The Kier molecular flexibility index (Phi) is 3.97. The van der Waals surface area contributed by atoms with Crippen molar-refractivity contribution in [3.63, 3.8) is 0 Å². The van der Waals surface area contributed by atoms with E-state index in [4.69, 9.17) is 15.2 Å². The molecule has 0 bridgehead atoms. The van der Waals surface area contributed by atoms with Crippen LogP contribution < -0.4 is 5.73 Å². The van der Waals surface area contributed by atoms with Crippen molar-refractivity contribution in [2.75, 3.05) is 32.8 Å². The highest BCUT2D eigenvalue weighted by Crippen LogP contribution is 2.20. The third-order valence-corrected chi connectivity index (χ3v) is 3.41. The van der Waals surface area contributed by atoms with Crippen LogP contribution in [0.4, 0.5) is 0 Å². The standard InChI is InChI=1S/C11H22N2O2/c1-9-6-10(2-4-14-9)13-3-5-15-11(7-12)8-13/h9-11H,2-8,12H2,1H3. The Hall–Kier alpha value is -0.160. The Bertz CT molecular complexity index is 201. The number of morpholine rings is 1. The van der Waals surface area contributed by atoms with Gasteiger partial charge >= 0.3 is 0 Å². The number of hydrogen-bond acceptors (Lipinski definition) is 4. The van der Waals surface area contributed by atoms with Gasteiger partial charge in [-0.05, 0) is 19.8 Å². The number of nitrogens with zero attached hydrogens (tertiary/aromatic N) is 1. The van der Waals surface area contributed by atoms with Crippen molar-refractivity contribution in [1.82, 2.24) is 4.90 Å². The lowest BCUT2D eigenvalue weighted by molar-refractivity contribution is -0.0723. The molecule has 0 saturated carbocycles. The van der Waals surface area contributed by atoms with Crippen molar-refractivity contribution in [2.45, 2.75) is 38.0 Å². The van der Waals surface area contributed by atoms with Crippen LogP contribution in [0.1, 0.15) is 19.8 Å². The summed E-state index contributed by atoms with van der Waals surface area (Å²) in [6, 6.07) is 0.673. The van der Waals surface area contributed by atoms with Crippen LogP contribution in [0.3, 0.4) is 0 Å². The molecule has 3 unspecified atom stereocenters. The second-order valence-electron chi connectivity index (χ2n) is 4.58. The normalized spacial score (nSPS) is 39.2. The van der Waals surface area contributed by atoms with Crippen LogP contribution in [0.15, 0.2) is 0 Å². The van der Waals surface area contributed by atoms with Gasteiger partial charge in [0.25, 0.3) is 0 Å². The number of nitrogens with two attached hydrogens (primary N) is 1. The zero-order valence-electron chi connectivity index (χ0n) is 9.52. The van der Waals surface area contributed by atoms with E-state index in [9.17, 15) is 0 Å². The molecule has 2 rings (SSSR count). The molecule has 2 N–H and O–H groups in total. The summed E-state index contributed by atoms with van der Waals surface area (Å²) in [6.07, 6.45) is 2.94. The first-order valence-corrected chi connectivity index (χ1v) is 5.97. The van der Waals surface area contributed by atoms with E-state index in [1.165, 1.54) is 0 Å². The fraction of sp³-hybridized carbons (Fsp3) is 1.00. The summed E-state index contributed by atoms with van der Waals surface area (Å²) in [5.41, 5.74) is 5.65. The Balaban J connectivity index is 1.86. The molecule has 0 aromatic heterocycles. The summed E-state index contributed by atoms with van der Waals surface area (Å²) >= 11 is 0. The molecule has 2 saturated heterocycles. The molecule has 2 fully saturated rings. The monoisotopic (exact) mass is 214 g/mol. The smallest absolute Gasteiger partial charge is 0.0824 e. The molecule has 2 aliphatic heterocycles. The average molecular weight is 214 g/mol. The summed E-state index contributed by atoms with van der Waals surface area (Å²) in [5.74, 6) is 0. The maximum atomic E-state index is 5.65. The van der Waals surface area contributed by atoms with Crippen molar-refractivity contribution in [2.24, 2.45) is 5.73 Å². The Morgan fingerprint density at radius 2 is 2.20 bits per heavy atom. The van der Waals surface area contributed by atoms with Gasteiger partial charge in [0.15, 0.2) is 0 Å². The maximum absolute atomic E-state index is 5.65. The van der Waals surface area contributed by atoms with Crippen molar-refractivity contribution in [3.05, 3.63) is 0 Å². The number of rotatable bonds is 2. The molecular weight excluding hydrogens is 192 g/mol. The molecule has 4 nitrogen and oxygen atoms in total. The molecule has 4 heteroatoms. The summed E-state index contributed by atoms with van der Waals surface area (Å²) in [6.45, 7) is 6.56. The summed E-state index contributed by atoms with van der Waals surface area (Å²) < 4.78 is 11.1. The van der Waals surface area contributed by atoms with Crippen molar-refractivity contribution >= 4 is 0 Å². The lowest BCUT2D eigenvalue weighted by Gasteiger charge is -2.41. The van der Waals surface area contributed by atoms with Gasteiger partial charge in [-0.25, -0.2) is 0 Å².